The van der Waals surface area contributed by atoms with E-state index in [2.05, 4.69) is 16.2 Å². The van der Waals surface area contributed by atoms with Gasteiger partial charge >= 0.3 is 6.09 Å². The van der Waals surface area contributed by atoms with Gasteiger partial charge in [0.25, 0.3) is 11.8 Å². The molecular weight excluding hydrogens is 381 g/mol. The zero-order valence-corrected chi connectivity index (χ0v) is 16.2. The van der Waals surface area contributed by atoms with E-state index in [-0.39, 0.29) is 11.3 Å². The maximum absolute atomic E-state index is 13.4. The number of para-hydroxylation sites is 1. The fraction of sp³-hybridized carbons (Fsp3) is 0.250. The molecule has 0 saturated heterocycles. The summed E-state index contributed by atoms with van der Waals surface area (Å²) >= 11 is 0. The first-order valence-electron chi connectivity index (χ1n) is 8.70. The normalized spacial score (nSPS) is 10.6. The maximum Gasteiger partial charge on any atom is 0.412 e. The minimum Gasteiger partial charge on any atom is -0.481 e. The SMILES string of the molecule is CC(C)(C)OC(=O)Nc1ccc(C(=O)NNC(=O)COc2ccccc2F)cc1. The molecule has 0 saturated carbocycles. The Morgan fingerprint density at radius 1 is 0.966 bits per heavy atom. The quantitative estimate of drug-likeness (QED) is 0.666. The lowest BCUT2D eigenvalue weighted by atomic mass is 10.2. The molecule has 0 aromatic heterocycles. The van der Waals surface area contributed by atoms with Crippen molar-refractivity contribution in [3.05, 3.63) is 59.9 Å². The van der Waals surface area contributed by atoms with Gasteiger partial charge in [0, 0.05) is 11.3 Å². The smallest absolute Gasteiger partial charge is 0.412 e. The Labute approximate surface area is 167 Å². The van der Waals surface area contributed by atoms with Crippen LogP contribution in [0.4, 0.5) is 14.9 Å². The van der Waals surface area contributed by atoms with E-state index in [9.17, 15) is 18.8 Å². The molecule has 0 radical (unpaired) electrons. The van der Waals surface area contributed by atoms with Crippen molar-refractivity contribution in [2.24, 2.45) is 0 Å². The van der Waals surface area contributed by atoms with E-state index in [0.29, 0.717) is 5.69 Å². The molecule has 154 valence electrons. The van der Waals surface area contributed by atoms with Crippen molar-refractivity contribution in [1.82, 2.24) is 10.9 Å². The van der Waals surface area contributed by atoms with E-state index in [4.69, 9.17) is 9.47 Å². The number of carbonyl (C=O) groups excluding carboxylic acids is 3. The molecule has 0 spiro atoms. The second-order valence-corrected chi connectivity index (χ2v) is 6.93. The molecule has 8 nitrogen and oxygen atoms in total. The summed E-state index contributed by atoms with van der Waals surface area (Å²) in [5.41, 5.74) is 4.45. The molecule has 0 unspecified atom stereocenters. The first-order valence-corrected chi connectivity index (χ1v) is 8.70. The Hall–Kier alpha value is -3.62. The van der Waals surface area contributed by atoms with E-state index in [1.54, 1.807) is 26.8 Å². The summed E-state index contributed by atoms with van der Waals surface area (Å²) < 4.78 is 23.6. The van der Waals surface area contributed by atoms with E-state index in [0.717, 1.165) is 0 Å². The van der Waals surface area contributed by atoms with Crippen molar-refractivity contribution in [2.45, 2.75) is 26.4 Å². The summed E-state index contributed by atoms with van der Waals surface area (Å²) in [7, 11) is 0. The molecule has 2 aromatic carbocycles. The van der Waals surface area contributed by atoms with Crippen molar-refractivity contribution in [2.75, 3.05) is 11.9 Å². The Bertz CT molecular complexity index is 878. The highest BCUT2D eigenvalue weighted by atomic mass is 19.1. The highest BCUT2D eigenvalue weighted by Gasteiger charge is 2.16. The number of hydrogen-bond acceptors (Lipinski definition) is 5. The van der Waals surface area contributed by atoms with Crippen LogP contribution in [-0.4, -0.2) is 30.1 Å². The predicted octanol–water partition coefficient (Wildman–Crippen LogP) is 3.01. The molecule has 0 bridgehead atoms. The zero-order valence-electron chi connectivity index (χ0n) is 16.2. The van der Waals surface area contributed by atoms with Crippen LogP contribution >= 0.6 is 0 Å². The van der Waals surface area contributed by atoms with Crippen molar-refractivity contribution >= 4 is 23.6 Å². The third kappa shape index (κ3) is 7.49. The number of benzene rings is 2. The first-order chi connectivity index (χ1) is 13.6. The van der Waals surface area contributed by atoms with Crippen LogP contribution in [0.5, 0.6) is 5.75 Å². The molecule has 9 heteroatoms. The summed E-state index contributed by atoms with van der Waals surface area (Å²) in [6.45, 7) is 4.76. The zero-order chi connectivity index (χ0) is 21.4. The summed E-state index contributed by atoms with van der Waals surface area (Å²) in [6.07, 6.45) is -0.614. The molecular formula is C20H22FN3O5. The van der Waals surface area contributed by atoms with E-state index in [1.165, 1.54) is 42.5 Å². The molecule has 0 aliphatic rings. The van der Waals surface area contributed by atoms with Crippen molar-refractivity contribution in [1.29, 1.82) is 0 Å². The van der Waals surface area contributed by atoms with Gasteiger partial charge < -0.3 is 9.47 Å². The molecule has 2 aromatic rings. The van der Waals surface area contributed by atoms with Gasteiger partial charge in [-0.25, -0.2) is 9.18 Å². The number of ether oxygens (including phenoxy) is 2. The van der Waals surface area contributed by atoms with Gasteiger partial charge in [0.2, 0.25) is 0 Å². The van der Waals surface area contributed by atoms with E-state index in [1.807, 2.05) is 0 Å². The molecule has 0 fully saturated rings. The molecule has 0 atom stereocenters. The van der Waals surface area contributed by atoms with Crippen LogP contribution in [0.3, 0.4) is 0 Å². The van der Waals surface area contributed by atoms with Gasteiger partial charge in [-0.05, 0) is 57.2 Å². The van der Waals surface area contributed by atoms with Crippen LogP contribution in [0.15, 0.2) is 48.5 Å². The van der Waals surface area contributed by atoms with E-state index < -0.39 is 35.9 Å². The van der Waals surface area contributed by atoms with Crippen LogP contribution in [0.25, 0.3) is 0 Å². The monoisotopic (exact) mass is 403 g/mol. The second-order valence-electron chi connectivity index (χ2n) is 6.93. The fourth-order valence-electron chi connectivity index (χ4n) is 2.07. The molecule has 0 aliphatic heterocycles. The van der Waals surface area contributed by atoms with Crippen molar-refractivity contribution in [3.8, 4) is 5.75 Å². The summed E-state index contributed by atoms with van der Waals surface area (Å²) in [6, 6.07) is 11.6. The predicted molar refractivity (Wildman–Crippen MR) is 104 cm³/mol. The summed E-state index contributed by atoms with van der Waals surface area (Å²) in [5.74, 6) is -1.90. The average Bonchev–Trinajstić information content (AvgIpc) is 2.64. The average molecular weight is 403 g/mol. The highest BCUT2D eigenvalue weighted by molar-refractivity contribution is 5.96. The molecule has 3 amide bonds. The van der Waals surface area contributed by atoms with Crippen molar-refractivity contribution in [3.63, 3.8) is 0 Å². The Balaban J connectivity index is 1.79. The number of rotatable bonds is 5. The van der Waals surface area contributed by atoms with Gasteiger partial charge in [-0.15, -0.1) is 0 Å². The van der Waals surface area contributed by atoms with Gasteiger partial charge in [-0.3, -0.25) is 25.8 Å². The van der Waals surface area contributed by atoms with Gasteiger partial charge in [0.1, 0.15) is 5.60 Å². The minimum absolute atomic E-state index is 0.0675. The highest BCUT2D eigenvalue weighted by Crippen LogP contribution is 2.15. The topological polar surface area (TPSA) is 106 Å². The van der Waals surface area contributed by atoms with Gasteiger partial charge in [0.05, 0.1) is 0 Å². The van der Waals surface area contributed by atoms with Crippen LogP contribution in [0.2, 0.25) is 0 Å². The molecule has 0 aliphatic carbocycles. The first kappa shape index (κ1) is 21.7. The third-order valence-corrected chi connectivity index (χ3v) is 3.30. The number of amides is 3. The van der Waals surface area contributed by atoms with Gasteiger partial charge in [-0.1, -0.05) is 12.1 Å². The number of anilines is 1. The number of halogens is 1. The lowest BCUT2D eigenvalue weighted by Crippen LogP contribution is -2.43. The largest absolute Gasteiger partial charge is 0.481 e. The molecule has 2 rings (SSSR count). The number of nitrogens with one attached hydrogen (secondary N) is 3. The standard InChI is InChI=1S/C20H22FN3O5/c1-20(2,3)29-19(27)22-14-10-8-13(9-11-14)18(26)24-23-17(25)12-28-16-7-5-4-6-15(16)21/h4-11H,12H2,1-3H3,(H,22,27)(H,23,25)(H,24,26). The molecule has 3 N–H and O–H groups in total. The number of hydrazine groups is 1. The second kappa shape index (κ2) is 9.54. The molecule has 0 heterocycles. The van der Waals surface area contributed by atoms with Crippen LogP contribution in [0, 0.1) is 5.82 Å². The van der Waals surface area contributed by atoms with Crippen molar-refractivity contribution < 1.29 is 28.2 Å². The molecule has 29 heavy (non-hydrogen) atoms. The van der Waals surface area contributed by atoms with Crippen LogP contribution < -0.4 is 20.9 Å². The number of hydrogen-bond donors (Lipinski definition) is 3. The summed E-state index contributed by atoms with van der Waals surface area (Å²) in [4.78, 5) is 35.5. The Kier molecular flexibility index (Phi) is 7.13. The van der Waals surface area contributed by atoms with Crippen LogP contribution in [0.1, 0.15) is 31.1 Å². The van der Waals surface area contributed by atoms with Gasteiger partial charge in [0.15, 0.2) is 18.2 Å². The lowest BCUT2D eigenvalue weighted by molar-refractivity contribution is -0.123. The lowest BCUT2D eigenvalue weighted by Gasteiger charge is -2.19. The van der Waals surface area contributed by atoms with Crippen LogP contribution in [-0.2, 0) is 9.53 Å². The fourth-order valence-corrected chi connectivity index (χ4v) is 2.07. The Morgan fingerprint density at radius 3 is 2.24 bits per heavy atom. The Morgan fingerprint density at radius 2 is 1.62 bits per heavy atom. The maximum atomic E-state index is 13.4. The summed E-state index contributed by atoms with van der Waals surface area (Å²) in [5, 5.41) is 2.54. The third-order valence-electron chi connectivity index (χ3n) is 3.30. The van der Waals surface area contributed by atoms with E-state index >= 15 is 0 Å². The van der Waals surface area contributed by atoms with Gasteiger partial charge in [-0.2, -0.15) is 0 Å². The number of carbonyl (C=O) groups is 3. The minimum atomic E-state index is -0.662.